The third-order valence-corrected chi connectivity index (χ3v) is 3.86. The van der Waals surface area contributed by atoms with Gasteiger partial charge in [0.1, 0.15) is 5.76 Å². The van der Waals surface area contributed by atoms with E-state index < -0.39 is 5.97 Å². The van der Waals surface area contributed by atoms with Crippen LogP contribution < -0.4 is 4.90 Å². The van der Waals surface area contributed by atoms with Gasteiger partial charge in [0.25, 0.3) is 6.47 Å². The number of benzene rings is 1. The van der Waals surface area contributed by atoms with Crippen molar-refractivity contribution in [2.24, 2.45) is 0 Å². The number of aromatic nitrogens is 2. The number of carboxylic acids is 1. The number of nitrogens with zero attached hydrogens (tertiary/aromatic N) is 3. The minimum Gasteiger partial charge on any atom is -0.483 e. The quantitative estimate of drug-likeness (QED) is 0.648. The van der Waals surface area contributed by atoms with Crippen molar-refractivity contribution in [2.45, 2.75) is 20.4 Å². The van der Waals surface area contributed by atoms with Crippen LogP contribution >= 0.6 is 0 Å². The average molecular weight is 373 g/mol. The Labute approximate surface area is 154 Å². The van der Waals surface area contributed by atoms with E-state index in [-0.39, 0.29) is 23.6 Å². The predicted molar refractivity (Wildman–Crippen MR) is 95.7 cm³/mol. The Morgan fingerprint density at radius 1 is 1.19 bits per heavy atom. The Kier molecular flexibility index (Phi) is 6.32. The largest absolute Gasteiger partial charge is 0.483 e. The molecule has 0 unspecified atom stereocenters. The Bertz CT molecular complexity index is 897. The lowest BCUT2D eigenvalue weighted by atomic mass is 10.1. The monoisotopic (exact) mass is 373 g/mol. The van der Waals surface area contributed by atoms with Crippen molar-refractivity contribution in [3.63, 3.8) is 0 Å². The van der Waals surface area contributed by atoms with E-state index in [4.69, 9.17) is 18.9 Å². The molecule has 27 heavy (non-hydrogen) atoms. The highest BCUT2D eigenvalue weighted by atomic mass is 16.5. The highest BCUT2D eigenvalue weighted by molar-refractivity contribution is 5.99. The number of rotatable bonds is 5. The smallest absolute Gasteiger partial charge is 0.343 e. The fraction of sp³-hybridized carbons (Fsp3) is 0.222. The molecule has 3 rings (SSSR count). The van der Waals surface area contributed by atoms with Gasteiger partial charge in [-0.15, -0.1) is 0 Å². The second-order valence-corrected chi connectivity index (χ2v) is 5.65. The van der Waals surface area contributed by atoms with Crippen molar-refractivity contribution in [3.8, 4) is 11.3 Å². The molecular formula is C18H19N3O6. The topological polar surface area (TPSA) is 130 Å². The van der Waals surface area contributed by atoms with Crippen LogP contribution in [0.4, 0.5) is 5.82 Å². The maximum atomic E-state index is 11.8. The number of carboxylic acid groups (broad SMARTS) is 2. The zero-order chi connectivity index (χ0) is 20.0. The molecule has 0 saturated heterocycles. The molecule has 9 heteroatoms. The summed E-state index contributed by atoms with van der Waals surface area (Å²) in [6.07, 6.45) is 0. The molecule has 0 aliphatic rings. The van der Waals surface area contributed by atoms with Crippen molar-refractivity contribution in [1.82, 2.24) is 10.3 Å². The van der Waals surface area contributed by atoms with Gasteiger partial charge in [0, 0.05) is 24.7 Å². The zero-order valence-electron chi connectivity index (χ0n) is 15.0. The second kappa shape index (κ2) is 8.65. The Morgan fingerprint density at radius 2 is 1.81 bits per heavy atom. The van der Waals surface area contributed by atoms with Crippen LogP contribution in [-0.2, 0) is 11.3 Å². The van der Waals surface area contributed by atoms with Crippen LogP contribution in [0.5, 0.6) is 0 Å². The number of hydrogen-bond donors (Lipinski definition) is 2. The highest BCUT2D eigenvalue weighted by Crippen LogP contribution is 2.31. The predicted octanol–water partition coefficient (Wildman–Crippen LogP) is 2.98. The van der Waals surface area contributed by atoms with Crippen LogP contribution in [0, 0.1) is 13.8 Å². The lowest BCUT2D eigenvalue weighted by molar-refractivity contribution is -0.122. The van der Waals surface area contributed by atoms with E-state index in [1.54, 1.807) is 24.1 Å². The first-order valence-electron chi connectivity index (χ1n) is 7.89. The lowest BCUT2D eigenvalue weighted by Crippen LogP contribution is -2.20. The van der Waals surface area contributed by atoms with Crippen LogP contribution in [0.25, 0.3) is 11.3 Å². The van der Waals surface area contributed by atoms with E-state index in [0.717, 1.165) is 11.3 Å². The summed E-state index contributed by atoms with van der Waals surface area (Å²) >= 11 is 0. The standard InChI is InChI=1S/C17H17N3O4.CH2O2/c1-10-13(11(2)23-18-10)9-20(3)16-14(17(21)22)15(24-19-16)12-7-5-4-6-8-12;2-1-3/h4-8H,9H2,1-3H3,(H,21,22);1H,(H,2,3). The first-order chi connectivity index (χ1) is 12.9. The number of hydrogen-bond acceptors (Lipinski definition) is 7. The van der Waals surface area contributed by atoms with Gasteiger partial charge in [-0.2, -0.15) is 0 Å². The number of aromatic carboxylic acids is 1. The molecule has 0 radical (unpaired) electrons. The lowest BCUT2D eigenvalue weighted by Gasteiger charge is -2.16. The Morgan fingerprint density at radius 3 is 2.33 bits per heavy atom. The van der Waals surface area contributed by atoms with E-state index in [9.17, 15) is 9.90 Å². The molecule has 2 N–H and O–H groups in total. The van der Waals surface area contributed by atoms with Gasteiger partial charge >= 0.3 is 5.97 Å². The fourth-order valence-corrected chi connectivity index (χ4v) is 2.56. The molecule has 0 atom stereocenters. The molecule has 1 aromatic carbocycles. The molecule has 0 amide bonds. The van der Waals surface area contributed by atoms with Gasteiger partial charge in [0.15, 0.2) is 17.1 Å². The summed E-state index contributed by atoms with van der Waals surface area (Å²) < 4.78 is 10.5. The minimum atomic E-state index is -1.09. The average Bonchev–Trinajstić information content (AvgIpc) is 3.22. The van der Waals surface area contributed by atoms with E-state index in [0.29, 0.717) is 17.9 Å². The van der Waals surface area contributed by atoms with Gasteiger partial charge in [-0.1, -0.05) is 40.6 Å². The first kappa shape index (κ1) is 19.7. The fourth-order valence-electron chi connectivity index (χ4n) is 2.56. The van der Waals surface area contributed by atoms with Crippen molar-refractivity contribution in [1.29, 1.82) is 0 Å². The molecule has 2 aromatic heterocycles. The third kappa shape index (κ3) is 4.32. The maximum Gasteiger partial charge on any atom is 0.343 e. The summed E-state index contributed by atoms with van der Waals surface area (Å²) in [6, 6.07) is 9.05. The summed E-state index contributed by atoms with van der Waals surface area (Å²) in [7, 11) is 1.75. The summed E-state index contributed by atoms with van der Waals surface area (Å²) in [5.41, 5.74) is 2.37. The van der Waals surface area contributed by atoms with Crippen LogP contribution in [0.15, 0.2) is 39.4 Å². The summed E-state index contributed by atoms with van der Waals surface area (Å²) in [5, 5.41) is 24.4. The molecular weight excluding hydrogens is 354 g/mol. The summed E-state index contributed by atoms with van der Waals surface area (Å²) in [4.78, 5) is 21.8. The SMILES string of the molecule is Cc1noc(C)c1CN(C)c1noc(-c2ccccc2)c1C(=O)O.O=CO. The molecule has 142 valence electrons. The van der Waals surface area contributed by atoms with Crippen LogP contribution in [0.1, 0.15) is 27.4 Å². The van der Waals surface area contributed by atoms with Crippen molar-refractivity contribution in [2.75, 3.05) is 11.9 Å². The van der Waals surface area contributed by atoms with Crippen LogP contribution in [0.3, 0.4) is 0 Å². The number of anilines is 1. The van der Waals surface area contributed by atoms with Crippen molar-refractivity contribution in [3.05, 3.63) is 52.9 Å². The number of carbonyl (C=O) groups is 2. The Balaban J connectivity index is 0.000000817. The molecule has 3 aromatic rings. The van der Waals surface area contributed by atoms with E-state index >= 15 is 0 Å². The van der Waals surface area contributed by atoms with Gasteiger partial charge in [-0.05, 0) is 13.8 Å². The summed E-state index contributed by atoms with van der Waals surface area (Å²) in [5.74, 6) is 0.115. The van der Waals surface area contributed by atoms with E-state index in [2.05, 4.69) is 10.3 Å². The van der Waals surface area contributed by atoms with Gasteiger partial charge in [-0.25, -0.2) is 4.79 Å². The maximum absolute atomic E-state index is 11.8. The zero-order valence-corrected chi connectivity index (χ0v) is 15.0. The first-order valence-corrected chi connectivity index (χ1v) is 7.89. The molecule has 0 aliphatic carbocycles. The minimum absolute atomic E-state index is 0.0375. The Hall–Kier alpha value is -3.62. The molecule has 0 aliphatic heterocycles. The summed E-state index contributed by atoms with van der Waals surface area (Å²) in [6.45, 7) is 3.83. The normalized spacial score (nSPS) is 10.0. The molecule has 0 saturated carbocycles. The van der Waals surface area contributed by atoms with Crippen LogP contribution in [0.2, 0.25) is 0 Å². The van der Waals surface area contributed by atoms with Gasteiger partial charge < -0.3 is 24.2 Å². The van der Waals surface area contributed by atoms with Crippen LogP contribution in [-0.4, -0.2) is 40.0 Å². The molecule has 0 bridgehead atoms. The highest BCUT2D eigenvalue weighted by Gasteiger charge is 2.27. The second-order valence-electron chi connectivity index (χ2n) is 5.65. The molecule has 0 fully saturated rings. The molecule has 2 heterocycles. The van der Waals surface area contributed by atoms with E-state index in [1.165, 1.54) is 0 Å². The third-order valence-electron chi connectivity index (χ3n) is 3.86. The molecule has 9 nitrogen and oxygen atoms in total. The number of aryl methyl sites for hydroxylation is 2. The molecule has 0 spiro atoms. The van der Waals surface area contributed by atoms with E-state index in [1.807, 2.05) is 32.0 Å². The van der Waals surface area contributed by atoms with Crippen molar-refractivity contribution < 1.29 is 28.8 Å². The van der Waals surface area contributed by atoms with Gasteiger partial charge in [0.2, 0.25) is 0 Å². The van der Waals surface area contributed by atoms with Crippen molar-refractivity contribution >= 4 is 18.3 Å². The van der Waals surface area contributed by atoms with Gasteiger partial charge in [-0.3, -0.25) is 4.79 Å². The van der Waals surface area contributed by atoms with Gasteiger partial charge in [0.05, 0.1) is 5.69 Å².